The van der Waals surface area contributed by atoms with Gasteiger partial charge in [0.15, 0.2) is 0 Å². The molecule has 2 N–H and O–H groups in total. The summed E-state index contributed by atoms with van der Waals surface area (Å²) in [7, 11) is 0. The first-order chi connectivity index (χ1) is 8.85. The summed E-state index contributed by atoms with van der Waals surface area (Å²) in [6, 6.07) is 0. The van der Waals surface area contributed by atoms with E-state index in [4.69, 9.17) is 0 Å². The van der Waals surface area contributed by atoms with Crippen molar-refractivity contribution in [1.82, 2.24) is 10.2 Å². The second-order valence-corrected chi connectivity index (χ2v) is 5.23. The van der Waals surface area contributed by atoms with Crippen molar-refractivity contribution in [3.8, 4) is 0 Å². The average Bonchev–Trinajstić information content (AvgIpc) is 2.90. The molecule has 5 nitrogen and oxygen atoms in total. The largest absolute Gasteiger partial charge is 0.384 e. The highest BCUT2D eigenvalue weighted by Crippen LogP contribution is 2.48. The predicted molar refractivity (Wildman–Crippen MR) is 62.5 cm³/mol. The van der Waals surface area contributed by atoms with Gasteiger partial charge in [0.25, 0.3) is 5.92 Å². The van der Waals surface area contributed by atoms with E-state index in [1.54, 1.807) is 6.92 Å². The van der Waals surface area contributed by atoms with Gasteiger partial charge in [-0.25, -0.2) is 8.78 Å². The van der Waals surface area contributed by atoms with Crippen LogP contribution in [-0.2, 0) is 9.59 Å². The number of aliphatic hydroxyl groups excluding tert-OH is 1. The maximum atomic E-state index is 13.7. The zero-order valence-corrected chi connectivity index (χ0v) is 10.8. The Morgan fingerprint density at radius 1 is 1.37 bits per heavy atom. The van der Waals surface area contributed by atoms with Gasteiger partial charge >= 0.3 is 11.8 Å². The topological polar surface area (TPSA) is 69.6 Å². The molecule has 1 spiro atoms. The van der Waals surface area contributed by atoms with Crippen LogP contribution in [0.25, 0.3) is 0 Å². The Balaban J connectivity index is 2.28. The van der Waals surface area contributed by atoms with E-state index in [1.165, 1.54) is 0 Å². The molecule has 108 valence electrons. The summed E-state index contributed by atoms with van der Waals surface area (Å²) >= 11 is 0. The molecule has 1 heterocycles. The van der Waals surface area contributed by atoms with Gasteiger partial charge in [-0.05, 0) is 19.8 Å². The molecular weight excluding hydrogens is 258 g/mol. The number of alkyl halides is 2. The molecular formula is C12H18F2N2O3. The van der Waals surface area contributed by atoms with Gasteiger partial charge in [0.05, 0.1) is 12.1 Å². The van der Waals surface area contributed by atoms with E-state index in [-0.39, 0.29) is 6.54 Å². The molecule has 1 saturated carbocycles. The SMILES string of the molecule is CCNC(=O)C(=O)N1CC(F)(F)C(O)C12CCCC2. The number of hydrogen-bond acceptors (Lipinski definition) is 3. The van der Waals surface area contributed by atoms with Crippen LogP contribution in [0.15, 0.2) is 0 Å². The molecule has 19 heavy (non-hydrogen) atoms. The van der Waals surface area contributed by atoms with E-state index < -0.39 is 35.9 Å². The Kier molecular flexibility index (Phi) is 3.51. The molecule has 1 aliphatic heterocycles. The zero-order chi connectivity index (χ0) is 14.3. The number of likely N-dealkylation sites (N-methyl/N-ethyl adjacent to an activating group) is 1. The van der Waals surface area contributed by atoms with Gasteiger partial charge < -0.3 is 15.3 Å². The fourth-order valence-corrected chi connectivity index (χ4v) is 3.16. The van der Waals surface area contributed by atoms with Crippen LogP contribution in [0.5, 0.6) is 0 Å². The minimum Gasteiger partial charge on any atom is -0.384 e. The molecule has 0 aromatic carbocycles. The lowest BCUT2D eigenvalue weighted by molar-refractivity contribution is -0.150. The maximum Gasteiger partial charge on any atom is 0.312 e. The summed E-state index contributed by atoms with van der Waals surface area (Å²) in [6.45, 7) is 1.01. The summed E-state index contributed by atoms with van der Waals surface area (Å²) in [6.07, 6.45) is 0.0866. The quantitative estimate of drug-likeness (QED) is 0.676. The van der Waals surface area contributed by atoms with Crippen molar-refractivity contribution in [2.24, 2.45) is 0 Å². The van der Waals surface area contributed by atoms with Crippen molar-refractivity contribution < 1.29 is 23.5 Å². The molecule has 2 rings (SSSR count). The van der Waals surface area contributed by atoms with Gasteiger partial charge in [-0.15, -0.1) is 0 Å². The molecule has 2 fully saturated rings. The Labute approximate surface area is 109 Å². The van der Waals surface area contributed by atoms with Gasteiger partial charge in [0.1, 0.15) is 6.10 Å². The maximum absolute atomic E-state index is 13.7. The highest BCUT2D eigenvalue weighted by Gasteiger charge is 2.65. The van der Waals surface area contributed by atoms with Crippen LogP contribution >= 0.6 is 0 Å². The second kappa shape index (κ2) is 4.70. The molecule has 1 aliphatic carbocycles. The van der Waals surface area contributed by atoms with E-state index in [0.717, 1.165) is 4.90 Å². The lowest BCUT2D eigenvalue weighted by Gasteiger charge is -2.35. The van der Waals surface area contributed by atoms with E-state index >= 15 is 0 Å². The Morgan fingerprint density at radius 3 is 2.47 bits per heavy atom. The molecule has 0 radical (unpaired) electrons. The monoisotopic (exact) mass is 276 g/mol. The lowest BCUT2D eigenvalue weighted by atomic mass is 9.90. The standard InChI is InChI=1S/C12H18F2N2O3/c1-2-15-8(17)9(18)16-7-12(13,14)10(19)11(16)5-3-4-6-11/h10,19H,2-7H2,1H3,(H,15,17). The van der Waals surface area contributed by atoms with Crippen molar-refractivity contribution >= 4 is 11.8 Å². The van der Waals surface area contributed by atoms with Gasteiger partial charge in [-0.3, -0.25) is 9.59 Å². The Bertz CT molecular complexity index is 394. The predicted octanol–water partition coefficient (Wildman–Crippen LogP) is 0.274. The molecule has 1 saturated heterocycles. The minimum absolute atomic E-state index is 0.254. The molecule has 2 amide bonds. The average molecular weight is 276 g/mol. The second-order valence-electron chi connectivity index (χ2n) is 5.23. The number of carbonyl (C=O) groups is 2. The molecule has 0 aromatic rings. The number of aliphatic hydroxyl groups is 1. The third-order valence-corrected chi connectivity index (χ3v) is 4.06. The van der Waals surface area contributed by atoms with Crippen LogP contribution in [-0.4, -0.2) is 52.5 Å². The number of likely N-dealkylation sites (tertiary alicyclic amines) is 1. The van der Waals surface area contributed by atoms with Crippen LogP contribution in [0, 0.1) is 0 Å². The lowest BCUT2D eigenvalue weighted by Crippen LogP contribution is -2.55. The van der Waals surface area contributed by atoms with Crippen molar-refractivity contribution in [3.63, 3.8) is 0 Å². The molecule has 7 heteroatoms. The summed E-state index contributed by atoms with van der Waals surface area (Å²) in [5, 5.41) is 12.2. The number of nitrogens with zero attached hydrogens (tertiary/aromatic N) is 1. The highest BCUT2D eigenvalue weighted by atomic mass is 19.3. The van der Waals surface area contributed by atoms with Gasteiger partial charge in [0.2, 0.25) is 0 Å². The number of amides is 2. The summed E-state index contributed by atoms with van der Waals surface area (Å²) < 4.78 is 27.4. The smallest absolute Gasteiger partial charge is 0.312 e. The van der Waals surface area contributed by atoms with Gasteiger partial charge in [-0.2, -0.15) is 0 Å². The molecule has 0 bridgehead atoms. The first kappa shape index (κ1) is 14.2. The first-order valence-electron chi connectivity index (χ1n) is 6.51. The molecule has 2 aliphatic rings. The van der Waals surface area contributed by atoms with E-state index in [9.17, 15) is 23.5 Å². The van der Waals surface area contributed by atoms with Crippen LogP contribution in [0.4, 0.5) is 8.78 Å². The summed E-state index contributed by atoms with van der Waals surface area (Å²) in [5.41, 5.74) is -1.27. The Morgan fingerprint density at radius 2 is 1.95 bits per heavy atom. The normalized spacial score (nSPS) is 27.8. The first-order valence-corrected chi connectivity index (χ1v) is 6.51. The van der Waals surface area contributed by atoms with Crippen molar-refractivity contribution in [2.75, 3.05) is 13.1 Å². The van der Waals surface area contributed by atoms with Gasteiger partial charge in [0, 0.05) is 6.54 Å². The van der Waals surface area contributed by atoms with E-state index in [1.807, 2.05) is 0 Å². The summed E-state index contributed by atoms with van der Waals surface area (Å²) in [5.74, 6) is -5.22. The fraction of sp³-hybridized carbons (Fsp3) is 0.833. The van der Waals surface area contributed by atoms with Crippen molar-refractivity contribution in [1.29, 1.82) is 0 Å². The van der Waals surface area contributed by atoms with Crippen LogP contribution in [0.1, 0.15) is 32.6 Å². The van der Waals surface area contributed by atoms with E-state index in [0.29, 0.717) is 25.7 Å². The van der Waals surface area contributed by atoms with Crippen molar-refractivity contribution in [2.45, 2.75) is 50.2 Å². The Hall–Kier alpha value is -1.24. The van der Waals surface area contributed by atoms with Crippen LogP contribution < -0.4 is 5.32 Å². The molecule has 1 unspecified atom stereocenters. The minimum atomic E-state index is -3.35. The van der Waals surface area contributed by atoms with Crippen molar-refractivity contribution in [3.05, 3.63) is 0 Å². The zero-order valence-electron chi connectivity index (χ0n) is 10.8. The number of halogens is 2. The number of nitrogens with one attached hydrogen (secondary N) is 1. The van der Waals surface area contributed by atoms with Crippen LogP contribution in [0.2, 0.25) is 0 Å². The molecule has 0 aromatic heterocycles. The van der Waals surface area contributed by atoms with Gasteiger partial charge in [-0.1, -0.05) is 12.8 Å². The highest BCUT2D eigenvalue weighted by molar-refractivity contribution is 6.35. The third-order valence-electron chi connectivity index (χ3n) is 4.06. The van der Waals surface area contributed by atoms with Crippen LogP contribution in [0.3, 0.4) is 0 Å². The number of hydrogen-bond donors (Lipinski definition) is 2. The number of carbonyl (C=O) groups excluding carboxylic acids is 2. The summed E-state index contributed by atoms with van der Waals surface area (Å²) in [4.78, 5) is 24.4. The number of rotatable bonds is 1. The molecule has 1 atom stereocenters. The van der Waals surface area contributed by atoms with E-state index in [2.05, 4.69) is 5.32 Å². The fourth-order valence-electron chi connectivity index (χ4n) is 3.16. The third kappa shape index (κ3) is 2.09.